The standard InChI is InChI=1S/C19H19N3O3/c1-14(23)18-4-2-3-17(9-18)12-22(13-19(24)21-25)11-16-7-5-15(10-20)6-8-16/h2-9,25H,11-13H2,1H3,(H,21,24). The largest absolute Gasteiger partial charge is 0.295 e. The molecule has 6 nitrogen and oxygen atoms in total. The third kappa shape index (κ3) is 5.53. The first-order chi connectivity index (χ1) is 12.0. The zero-order valence-electron chi connectivity index (χ0n) is 13.9. The molecule has 6 heteroatoms. The van der Waals surface area contributed by atoms with Crippen molar-refractivity contribution in [1.29, 1.82) is 5.26 Å². The van der Waals surface area contributed by atoms with Crippen molar-refractivity contribution < 1.29 is 14.8 Å². The second-order valence-electron chi connectivity index (χ2n) is 5.75. The van der Waals surface area contributed by atoms with Crippen molar-refractivity contribution in [3.63, 3.8) is 0 Å². The highest BCUT2D eigenvalue weighted by Crippen LogP contribution is 2.13. The van der Waals surface area contributed by atoms with Gasteiger partial charge in [-0.3, -0.25) is 19.7 Å². The molecule has 0 fully saturated rings. The Morgan fingerprint density at radius 2 is 1.80 bits per heavy atom. The first-order valence-corrected chi connectivity index (χ1v) is 7.76. The molecule has 0 aliphatic heterocycles. The van der Waals surface area contributed by atoms with Gasteiger partial charge in [0.15, 0.2) is 5.78 Å². The Labute approximate surface area is 146 Å². The second kappa shape index (κ2) is 8.73. The van der Waals surface area contributed by atoms with E-state index < -0.39 is 5.91 Å². The van der Waals surface area contributed by atoms with Gasteiger partial charge in [-0.1, -0.05) is 30.3 Å². The van der Waals surface area contributed by atoms with E-state index in [0.717, 1.165) is 11.1 Å². The summed E-state index contributed by atoms with van der Waals surface area (Å²) in [5.41, 5.74) is 4.65. The van der Waals surface area contributed by atoms with Gasteiger partial charge in [0.25, 0.3) is 5.91 Å². The third-order valence-electron chi connectivity index (χ3n) is 3.72. The fourth-order valence-electron chi connectivity index (χ4n) is 2.50. The van der Waals surface area contributed by atoms with Crippen molar-refractivity contribution in [3.8, 4) is 6.07 Å². The van der Waals surface area contributed by atoms with Crippen LogP contribution in [0.15, 0.2) is 48.5 Å². The van der Waals surface area contributed by atoms with Crippen LogP contribution in [0.2, 0.25) is 0 Å². The Morgan fingerprint density at radius 3 is 2.40 bits per heavy atom. The van der Waals surface area contributed by atoms with Gasteiger partial charge in [0.05, 0.1) is 18.2 Å². The lowest BCUT2D eigenvalue weighted by atomic mass is 10.1. The fourth-order valence-corrected chi connectivity index (χ4v) is 2.50. The Morgan fingerprint density at radius 1 is 1.12 bits per heavy atom. The molecule has 2 rings (SSSR count). The Kier molecular flexibility index (Phi) is 6.40. The van der Waals surface area contributed by atoms with E-state index >= 15 is 0 Å². The van der Waals surface area contributed by atoms with E-state index in [0.29, 0.717) is 24.2 Å². The molecule has 0 heterocycles. The maximum absolute atomic E-state index is 11.6. The van der Waals surface area contributed by atoms with E-state index in [1.165, 1.54) is 6.92 Å². The number of amides is 1. The molecule has 0 radical (unpaired) electrons. The SMILES string of the molecule is CC(=O)c1cccc(CN(CC(=O)NO)Cc2ccc(C#N)cc2)c1. The van der Waals surface area contributed by atoms with Gasteiger partial charge in [0.2, 0.25) is 0 Å². The van der Waals surface area contributed by atoms with E-state index in [1.54, 1.807) is 35.8 Å². The van der Waals surface area contributed by atoms with Gasteiger partial charge in [-0.25, -0.2) is 5.48 Å². The molecule has 2 aromatic rings. The van der Waals surface area contributed by atoms with Crippen molar-refractivity contribution in [2.24, 2.45) is 0 Å². The van der Waals surface area contributed by atoms with Gasteiger partial charge in [-0.05, 0) is 36.2 Å². The summed E-state index contributed by atoms with van der Waals surface area (Å²) in [6.45, 7) is 2.41. The van der Waals surface area contributed by atoms with Gasteiger partial charge in [-0.15, -0.1) is 0 Å². The average molecular weight is 337 g/mol. The molecule has 0 atom stereocenters. The van der Waals surface area contributed by atoms with Crippen LogP contribution in [0, 0.1) is 11.3 Å². The quantitative estimate of drug-likeness (QED) is 0.459. The molecule has 1 amide bonds. The predicted octanol–water partition coefficient (Wildman–Crippen LogP) is 2.27. The summed E-state index contributed by atoms with van der Waals surface area (Å²) in [5.74, 6) is -0.537. The second-order valence-corrected chi connectivity index (χ2v) is 5.75. The van der Waals surface area contributed by atoms with Crippen LogP contribution in [0.4, 0.5) is 0 Å². The number of hydroxylamine groups is 1. The van der Waals surface area contributed by atoms with E-state index in [-0.39, 0.29) is 12.3 Å². The summed E-state index contributed by atoms with van der Waals surface area (Å²) in [6.07, 6.45) is 0. The number of Topliss-reactive ketones (excluding diaryl/α,β-unsaturated/α-hetero) is 1. The van der Waals surface area contributed by atoms with Crippen LogP contribution in [0.5, 0.6) is 0 Å². The highest BCUT2D eigenvalue weighted by atomic mass is 16.5. The minimum atomic E-state index is -0.517. The van der Waals surface area contributed by atoms with E-state index in [1.807, 2.05) is 23.1 Å². The zero-order valence-corrected chi connectivity index (χ0v) is 13.9. The Bertz CT molecular complexity index is 794. The maximum atomic E-state index is 11.6. The molecule has 2 aromatic carbocycles. The van der Waals surface area contributed by atoms with Gasteiger partial charge < -0.3 is 0 Å². The maximum Gasteiger partial charge on any atom is 0.257 e. The molecule has 2 N–H and O–H groups in total. The van der Waals surface area contributed by atoms with Gasteiger partial charge in [0.1, 0.15) is 0 Å². The summed E-state index contributed by atoms with van der Waals surface area (Å²) >= 11 is 0. The molecule has 0 unspecified atom stereocenters. The number of carbonyl (C=O) groups is 2. The highest BCUT2D eigenvalue weighted by molar-refractivity contribution is 5.94. The molecule has 25 heavy (non-hydrogen) atoms. The summed E-state index contributed by atoms with van der Waals surface area (Å²) in [6, 6.07) is 16.4. The molecule has 128 valence electrons. The number of hydrogen-bond donors (Lipinski definition) is 2. The summed E-state index contributed by atoms with van der Waals surface area (Å²) in [4.78, 5) is 24.9. The zero-order chi connectivity index (χ0) is 18.2. The lowest BCUT2D eigenvalue weighted by Gasteiger charge is -2.21. The molecule has 0 saturated carbocycles. The summed E-state index contributed by atoms with van der Waals surface area (Å²) < 4.78 is 0. The van der Waals surface area contributed by atoms with Crippen molar-refractivity contribution in [2.45, 2.75) is 20.0 Å². The lowest BCUT2D eigenvalue weighted by Crippen LogP contribution is -2.35. The molecule has 0 aliphatic carbocycles. The van der Waals surface area contributed by atoms with Gasteiger partial charge in [-0.2, -0.15) is 5.26 Å². The molecule has 0 spiro atoms. The number of carbonyl (C=O) groups excluding carboxylic acids is 2. The number of benzene rings is 2. The van der Waals surface area contributed by atoms with E-state index in [4.69, 9.17) is 10.5 Å². The predicted molar refractivity (Wildman–Crippen MR) is 91.6 cm³/mol. The number of ketones is 1. The molecule has 0 aromatic heterocycles. The number of hydrogen-bond acceptors (Lipinski definition) is 5. The molecular formula is C19H19N3O3. The minimum Gasteiger partial charge on any atom is -0.295 e. The molecule has 0 saturated heterocycles. The van der Waals surface area contributed by atoms with Gasteiger partial charge >= 0.3 is 0 Å². The van der Waals surface area contributed by atoms with Crippen molar-refractivity contribution in [2.75, 3.05) is 6.54 Å². The third-order valence-corrected chi connectivity index (χ3v) is 3.72. The monoisotopic (exact) mass is 337 g/mol. The normalized spacial score (nSPS) is 10.3. The number of rotatable bonds is 7. The Balaban J connectivity index is 2.17. The van der Waals surface area contributed by atoms with Crippen LogP contribution in [-0.2, 0) is 17.9 Å². The van der Waals surface area contributed by atoms with E-state index in [9.17, 15) is 9.59 Å². The van der Waals surface area contributed by atoms with E-state index in [2.05, 4.69) is 6.07 Å². The first kappa shape index (κ1) is 18.3. The van der Waals surface area contributed by atoms with Crippen LogP contribution in [-0.4, -0.2) is 28.3 Å². The van der Waals surface area contributed by atoms with Crippen LogP contribution in [0.3, 0.4) is 0 Å². The molecular weight excluding hydrogens is 318 g/mol. The summed E-state index contributed by atoms with van der Waals surface area (Å²) in [5, 5.41) is 17.7. The van der Waals surface area contributed by atoms with Crippen LogP contribution >= 0.6 is 0 Å². The lowest BCUT2D eigenvalue weighted by molar-refractivity contribution is -0.130. The van der Waals surface area contributed by atoms with Crippen molar-refractivity contribution in [3.05, 3.63) is 70.8 Å². The number of nitrogens with zero attached hydrogens (tertiary/aromatic N) is 2. The minimum absolute atomic E-state index is 0.000794. The average Bonchev–Trinajstić information content (AvgIpc) is 2.62. The number of nitrogens with one attached hydrogen (secondary N) is 1. The molecule has 0 bridgehead atoms. The van der Waals surface area contributed by atoms with Gasteiger partial charge in [0, 0.05) is 18.7 Å². The summed E-state index contributed by atoms with van der Waals surface area (Å²) in [7, 11) is 0. The van der Waals surface area contributed by atoms with Crippen LogP contribution in [0.1, 0.15) is 34.0 Å². The topological polar surface area (TPSA) is 93.4 Å². The van der Waals surface area contributed by atoms with Crippen molar-refractivity contribution in [1.82, 2.24) is 10.4 Å². The molecule has 0 aliphatic rings. The number of nitriles is 1. The highest BCUT2D eigenvalue weighted by Gasteiger charge is 2.13. The van der Waals surface area contributed by atoms with Crippen LogP contribution < -0.4 is 5.48 Å². The van der Waals surface area contributed by atoms with Crippen molar-refractivity contribution >= 4 is 11.7 Å². The first-order valence-electron chi connectivity index (χ1n) is 7.76. The van der Waals surface area contributed by atoms with Crippen LogP contribution in [0.25, 0.3) is 0 Å². The smallest absolute Gasteiger partial charge is 0.257 e. The Hall–Kier alpha value is -3.01. The fraction of sp³-hybridized carbons (Fsp3) is 0.211.